The van der Waals surface area contributed by atoms with Gasteiger partial charge in [0.05, 0.1) is 11.4 Å². The molecule has 0 saturated heterocycles. The molecule has 0 spiro atoms. The summed E-state index contributed by atoms with van der Waals surface area (Å²) in [4.78, 5) is 25.9. The van der Waals surface area contributed by atoms with Crippen LogP contribution in [0.3, 0.4) is 0 Å². The lowest BCUT2D eigenvalue weighted by atomic mass is 10.0. The molecule has 48 heavy (non-hydrogen) atoms. The lowest BCUT2D eigenvalue weighted by molar-refractivity contribution is -0.150. The molecule has 1 aromatic rings. The summed E-state index contributed by atoms with van der Waals surface area (Å²) in [7, 11) is 0. The standard InChI is InChI=1S/C40H75N3O4S/c1-3-5-7-9-14-20-27-39(28-21-15-10-8-6-4-2)47-40(45)29-22-16-13-18-24-33-43(32-23-17-11-12-19-25-35-44)34-26-31-41-48-37-38-30-36-46-42-38/h30,35-36,39,41H,3-29,31-34,37H2,1-2H3. The quantitative estimate of drug-likeness (QED) is 0.0317. The molecule has 7 nitrogen and oxygen atoms in total. The highest BCUT2D eigenvalue weighted by Gasteiger charge is 2.14. The van der Waals surface area contributed by atoms with Gasteiger partial charge >= 0.3 is 5.97 Å². The van der Waals surface area contributed by atoms with Crippen LogP contribution in [-0.2, 0) is 20.1 Å². The first-order valence-electron chi connectivity index (χ1n) is 20.3. The van der Waals surface area contributed by atoms with Crippen LogP contribution in [0.2, 0.25) is 0 Å². The molecule has 280 valence electrons. The van der Waals surface area contributed by atoms with Crippen LogP contribution in [0, 0.1) is 0 Å². The van der Waals surface area contributed by atoms with Gasteiger partial charge in [-0.3, -0.25) is 9.52 Å². The Hall–Kier alpha value is -1.38. The first-order chi connectivity index (χ1) is 23.7. The molecule has 0 saturated carbocycles. The third-order valence-corrected chi connectivity index (χ3v) is 10.1. The summed E-state index contributed by atoms with van der Waals surface area (Å²) in [6.07, 6.45) is 34.3. The van der Waals surface area contributed by atoms with Crippen molar-refractivity contribution in [2.75, 3.05) is 26.2 Å². The van der Waals surface area contributed by atoms with Crippen molar-refractivity contribution in [3.8, 4) is 0 Å². The van der Waals surface area contributed by atoms with E-state index >= 15 is 0 Å². The molecule has 1 rings (SSSR count). The Bertz CT molecular complexity index is 794. The first-order valence-corrected chi connectivity index (χ1v) is 21.3. The normalized spacial score (nSPS) is 11.6. The number of nitrogens with one attached hydrogen (secondary N) is 1. The molecule has 0 atom stereocenters. The smallest absolute Gasteiger partial charge is 0.306 e. The number of nitrogens with zero attached hydrogens (tertiary/aromatic N) is 2. The van der Waals surface area contributed by atoms with Crippen molar-refractivity contribution in [2.45, 2.75) is 199 Å². The highest BCUT2D eigenvalue weighted by Crippen LogP contribution is 2.18. The molecule has 0 aromatic carbocycles. The lowest BCUT2D eigenvalue weighted by Crippen LogP contribution is -2.29. The number of rotatable bonds is 38. The van der Waals surface area contributed by atoms with Crippen molar-refractivity contribution in [3.63, 3.8) is 0 Å². The molecule has 0 fully saturated rings. The second-order valence-electron chi connectivity index (χ2n) is 13.8. The third-order valence-electron chi connectivity index (χ3n) is 9.28. The molecule has 1 N–H and O–H groups in total. The summed E-state index contributed by atoms with van der Waals surface area (Å²) in [5.74, 6) is 0.850. The molecular formula is C40H75N3O4S. The Labute approximate surface area is 300 Å². The van der Waals surface area contributed by atoms with Gasteiger partial charge in [-0.15, -0.1) is 0 Å². The van der Waals surface area contributed by atoms with Crippen molar-refractivity contribution < 1.29 is 18.8 Å². The molecule has 0 radical (unpaired) electrons. The summed E-state index contributed by atoms with van der Waals surface area (Å²) in [6.45, 7) is 8.94. The number of carbonyl (C=O) groups excluding carboxylic acids is 2. The van der Waals surface area contributed by atoms with E-state index in [4.69, 9.17) is 9.26 Å². The summed E-state index contributed by atoms with van der Waals surface area (Å²) in [5.41, 5.74) is 0.968. The Balaban J connectivity index is 2.26. The van der Waals surface area contributed by atoms with Gasteiger partial charge in [0.25, 0.3) is 0 Å². The highest BCUT2D eigenvalue weighted by molar-refractivity contribution is 7.96. The lowest BCUT2D eigenvalue weighted by Gasteiger charge is -2.22. The molecule has 0 unspecified atom stereocenters. The number of ether oxygens (including phenoxy) is 1. The first kappa shape index (κ1) is 44.6. The van der Waals surface area contributed by atoms with Gasteiger partial charge in [0.1, 0.15) is 18.7 Å². The molecule has 0 bridgehead atoms. The maximum Gasteiger partial charge on any atom is 0.306 e. The maximum atomic E-state index is 12.7. The molecule has 0 aliphatic heterocycles. The predicted octanol–water partition coefficient (Wildman–Crippen LogP) is 11.4. The minimum atomic E-state index is 0.0297. The van der Waals surface area contributed by atoms with Crippen molar-refractivity contribution in [1.29, 1.82) is 0 Å². The topological polar surface area (TPSA) is 84.7 Å². The van der Waals surface area contributed by atoms with Gasteiger partial charge in [0.15, 0.2) is 0 Å². The molecule has 0 aliphatic rings. The van der Waals surface area contributed by atoms with Crippen LogP contribution < -0.4 is 4.72 Å². The van der Waals surface area contributed by atoms with Crippen LogP contribution in [0.15, 0.2) is 16.9 Å². The van der Waals surface area contributed by atoms with E-state index in [0.29, 0.717) is 12.8 Å². The highest BCUT2D eigenvalue weighted by atomic mass is 32.2. The minimum absolute atomic E-state index is 0.0297. The average Bonchev–Trinajstić information content (AvgIpc) is 3.61. The van der Waals surface area contributed by atoms with Gasteiger partial charge in [-0.25, -0.2) is 0 Å². The fraction of sp³-hybridized carbons (Fsp3) is 0.875. The largest absolute Gasteiger partial charge is 0.462 e. The Kier molecular flexibility index (Phi) is 33.0. The van der Waals surface area contributed by atoms with Gasteiger partial charge in [-0.2, -0.15) is 0 Å². The van der Waals surface area contributed by atoms with Gasteiger partial charge in [-0.05, 0) is 77.4 Å². The second kappa shape index (κ2) is 35.4. The van der Waals surface area contributed by atoms with Crippen LogP contribution in [0.25, 0.3) is 0 Å². The van der Waals surface area contributed by atoms with Gasteiger partial charge in [0.2, 0.25) is 0 Å². The molecular weight excluding hydrogens is 619 g/mol. The Morgan fingerprint density at radius 3 is 1.90 bits per heavy atom. The van der Waals surface area contributed by atoms with E-state index in [1.165, 1.54) is 116 Å². The predicted molar refractivity (Wildman–Crippen MR) is 204 cm³/mol. The number of aromatic nitrogens is 1. The Morgan fingerprint density at radius 2 is 1.31 bits per heavy atom. The summed E-state index contributed by atoms with van der Waals surface area (Å²) >= 11 is 1.69. The van der Waals surface area contributed by atoms with E-state index in [0.717, 1.165) is 88.9 Å². The monoisotopic (exact) mass is 694 g/mol. The molecule has 1 aromatic heterocycles. The van der Waals surface area contributed by atoms with Crippen LogP contribution in [0.4, 0.5) is 0 Å². The zero-order valence-electron chi connectivity index (χ0n) is 31.4. The van der Waals surface area contributed by atoms with Crippen LogP contribution in [0.5, 0.6) is 0 Å². The summed E-state index contributed by atoms with van der Waals surface area (Å²) in [6, 6.07) is 1.91. The van der Waals surface area contributed by atoms with Crippen molar-refractivity contribution >= 4 is 24.2 Å². The van der Waals surface area contributed by atoms with E-state index < -0.39 is 0 Å². The third kappa shape index (κ3) is 29.5. The molecule has 0 aliphatic carbocycles. The number of aldehydes is 1. The van der Waals surface area contributed by atoms with E-state index in [-0.39, 0.29) is 12.1 Å². The Morgan fingerprint density at radius 1 is 0.771 bits per heavy atom. The molecule has 8 heteroatoms. The number of esters is 1. The van der Waals surface area contributed by atoms with E-state index in [1.807, 2.05) is 6.07 Å². The fourth-order valence-electron chi connectivity index (χ4n) is 6.26. The SMILES string of the molecule is CCCCCCCCC(CCCCCCCC)OC(=O)CCCCCCCN(CCCCCCCC=O)CCCNSCc1ccon1. The number of hydrogen-bond acceptors (Lipinski definition) is 8. The summed E-state index contributed by atoms with van der Waals surface area (Å²) in [5, 5.41) is 3.96. The number of hydrogen-bond donors (Lipinski definition) is 1. The van der Waals surface area contributed by atoms with Gasteiger partial charge in [0, 0.05) is 25.5 Å². The minimum Gasteiger partial charge on any atom is -0.462 e. The van der Waals surface area contributed by atoms with Gasteiger partial charge < -0.3 is 19.0 Å². The van der Waals surface area contributed by atoms with Crippen molar-refractivity contribution in [2.24, 2.45) is 0 Å². The van der Waals surface area contributed by atoms with Gasteiger partial charge in [-0.1, -0.05) is 134 Å². The van der Waals surface area contributed by atoms with Crippen LogP contribution in [-0.4, -0.2) is 54.6 Å². The fourth-order valence-corrected chi connectivity index (χ4v) is 6.95. The zero-order valence-corrected chi connectivity index (χ0v) is 32.2. The maximum absolute atomic E-state index is 12.7. The zero-order chi connectivity index (χ0) is 34.6. The van der Waals surface area contributed by atoms with E-state index in [2.05, 4.69) is 28.6 Å². The average molecular weight is 694 g/mol. The van der Waals surface area contributed by atoms with Crippen molar-refractivity contribution in [3.05, 3.63) is 18.0 Å². The summed E-state index contributed by atoms with van der Waals surface area (Å²) < 4.78 is 14.4. The van der Waals surface area contributed by atoms with E-state index in [1.54, 1.807) is 18.2 Å². The molecule has 0 amide bonds. The van der Waals surface area contributed by atoms with E-state index in [9.17, 15) is 9.59 Å². The second-order valence-corrected chi connectivity index (χ2v) is 14.7. The van der Waals surface area contributed by atoms with Crippen LogP contribution >= 0.6 is 11.9 Å². The molecule has 1 heterocycles. The van der Waals surface area contributed by atoms with Crippen molar-refractivity contribution in [1.82, 2.24) is 14.8 Å². The number of carbonyl (C=O) groups is 2. The van der Waals surface area contributed by atoms with Crippen LogP contribution in [0.1, 0.15) is 193 Å². The number of unbranched alkanes of at least 4 members (excludes halogenated alkanes) is 19.